The molecule has 0 atom stereocenters. The quantitative estimate of drug-likeness (QED) is 0.743. The van der Waals surface area contributed by atoms with Crippen LogP contribution in [0.3, 0.4) is 0 Å². The van der Waals surface area contributed by atoms with Gasteiger partial charge in [0.25, 0.3) is 0 Å². The molecule has 3 aromatic rings. The monoisotopic (exact) mass is 359 g/mol. The Balaban J connectivity index is 2.29. The summed E-state index contributed by atoms with van der Waals surface area (Å²) in [6.07, 6.45) is 0. The van der Waals surface area contributed by atoms with Crippen LogP contribution in [0.2, 0.25) is 0 Å². The summed E-state index contributed by atoms with van der Waals surface area (Å²) in [6, 6.07) is 16.6. The highest BCUT2D eigenvalue weighted by molar-refractivity contribution is 7.92. The van der Waals surface area contributed by atoms with Crippen molar-refractivity contribution in [2.45, 2.75) is 9.79 Å². The number of rotatable bonds is 4. The van der Waals surface area contributed by atoms with Crippen LogP contribution in [0.15, 0.2) is 70.5 Å². The maximum Gasteiger partial charge on any atom is 0.347 e. The number of carboxylic acids is 1. The first-order valence-electron chi connectivity index (χ1n) is 6.94. The molecule has 0 spiro atoms. The normalized spacial score (nSPS) is 11.3. The van der Waals surface area contributed by atoms with Gasteiger partial charge in [-0.2, -0.15) is 0 Å². The third-order valence-corrected chi connectivity index (χ3v) is 6.68. The molecule has 7 heteroatoms. The highest BCUT2D eigenvalue weighted by Gasteiger charge is 2.32. The van der Waals surface area contributed by atoms with Gasteiger partial charge in [0.2, 0.25) is 9.84 Å². The van der Waals surface area contributed by atoms with E-state index in [1.165, 1.54) is 12.1 Å². The van der Waals surface area contributed by atoms with Crippen molar-refractivity contribution in [1.29, 1.82) is 0 Å². The van der Waals surface area contributed by atoms with Gasteiger partial charge >= 0.3 is 5.97 Å². The summed E-state index contributed by atoms with van der Waals surface area (Å²) in [7, 11) is -4.03. The lowest BCUT2D eigenvalue weighted by molar-refractivity contribution is 0.0698. The van der Waals surface area contributed by atoms with E-state index in [0.717, 1.165) is 11.3 Å². The molecule has 0 saturated heterocycles. The van der Waals surface area contributed by atoms with Crippen LogP contribution in [0.4, 0.5) is 5.69 Å². The lowest BCUT2D eigenvalue weighted by Gasteiger charge is -2.06. The fourth-order valence-corrected chi connectivity index (χ4v) is 5.31. The predicted octanol–water partition coefficient (Wildman–Crippen LogP) is 3.53. The number of sulfone groups is 1. The standard InChI is InChI=1S/C17H13NO4S2/c18-13-14(11-7-3-1-4-8-11)23-15(17(19)20)16(13)24(21,22)12-9-5-2-6-10-12/h1-10H,18H2,(H,19,20). The number of carbonyl (C=O) groups is 1. The summed E-state index contributed by atoms with van der Waals surface area (Å²) in [4.78, 5) is 11.4. The molecule has 2 aromatic carbocycles. The lowest BCUT2D eigenvalue weighted by atomic mass is 10.2. The average molecular weight is 359 g/mol. The Labute approximate surface area is 142 Å². The first kappa shape index (κ1) is 16.2. The second-order valence-corrected chi connectivity index (χ2v) is 7.90. The van der Waals surface area contributed by atoms with Crippen molar-refractivity contribution in [3.63, 3.8) is 0 Å². The minimum atomic E-state index is -4.03. The molecule has 0 saturated carbocycles. The van der Waals surface area contributed by atoms with Crippen LogP contribution >= 0.6 is 11.3 Å². The van der Waals surface area contributed by atoms with Crippen molar-refractivity contribution in [1.82, 2.24) is 0 Å². The number of carboxylic acid groups (broad SMARTS) is 1. The summed E-state index contributed by atoms with van der Waals surface area (Å²) in [5.41, 5.74) is 6.71. The van der Waals surface area contributed by atoms with Gasteiger partial charge in [0.05, 0.1) is 15.5 Å². The van der Waals surface area contributed by atoms with E-state index in [9.17, 15) is 18.3 Å². The molecule has 0 fully saturated rings. The van der Waals surface area contributed by atoms with Crippen LogP contribution in [0, 0.1) is 0 Å². The third kappa shape index (κ3) is 2.68. The van der Waals surface area contributed by atoms with Gasteiger partial charge in [-0.25, -0.2) is 13.2 Å². The number of benzene rings is 2. The predicted molar refractivity (Wildman–Crippen MR) is 93.0 cm³/mol. The van der Waals surface area contributed by atoms with Gasteiger partial charge in [-0.3, -0.25) is 0 Å². The molecular weight excluding hydrogens is 346 g/mol. The minimum absolute atomic E-state index is 0.0108. The number of aromatic carboxylic acids is 1. The Morgan fingerprint density at radius 2 is 1.50 bits per heavy atom. The second-order valence-electron chi connectivity index (χ2n) is 4.99. The number of anilines is 1. The Morgan fingerprint density at radius 1 is 0.958 bits per heavy atom. The van der Waals surface area contributed by atoms with Crippen LogP contribution in [-0.4, -0.2) is 19.5 Å². The summed E-state index contributed by atoms with van der Waals surface area (Å²) in [5.74, 6) is -1.32. The zero-order valence-electron chi connectivity index (χ0n) is 12.3. The molecule has 0 unspecified atom stereocenters. The maximum absolute atomic E-state index is 12.9. The van der Waals surface area contributed by atoms with Crippen molar-refractivity contribution in [3.05, 3.63) is 65.5 Å². The largest absolute Gasteiger partial charge is 0.477 e. The van der Waals surface area contributed by atoms with E-state index in [1.54, 1.807) is 42.5 Å². The fraction of sp³-hybridized carbons (Fsp3) is 0. The van der Waals surface area contributed by atoms with E-state index in [0.29, 0.717) is 10.4 Å². The first-order chi connectivity index (χ1) is 11.4. The van der Waals surface area contributed by atoms with Gasteiger partial charge in [-0.1, -0.05) is 48.5 Å². The molecule has 0 amide bonds. The van der Waals surface area contributed by atoms with E-state index in [1.807, 2.05) is 6.07 Å². The van der Waals surface area contributed by atoms with Crippen LogP contribution in [0.5, 0.6) is 0 Å². The van der Waals surface area contributed by atoms with E-state index in [-0.39, 0.29) is 20.4 Å². The summed E-state index contributed by atoms with van der Waals surface area (Å²) >= 11 is 0.865. The Bertz CT molecular complexity index is 994. The molecule has 1 heterocycles. The lowest BCUT2D eigenvalue weighted by Crippen LogP contribution is -2.09. The molecule has 0 aliphatic rings. The molecule has 3 rings (SSSR count). The zero-order valence-corrected chi connectivity index (χ0v) is 14.0. The van der Waals surface area contributed by atoms with Crippen molar-refractivity contribution < 1.29 is 18.3 Å². The van der Waals surface area contributed by atoms with Crippen molar-refractivity contribution in [2.24, 2.45) is 0 Å². The van der Waals surface area contributed by atoms with Gasteiger partial charge < -0.3 is 10.8 Å². The number of nitrogen functional groups attached to an aromatic ring is 1. The van der Waals surface area contributed by atoms with Gasteiger partial charge in [0.15, 0.2) is 0 Å². The Hall–Kier alpha value is -2.64. The van der Waals surface area contributed by atoms with Crippen molar-refractivity contribution in [3.8, 4) is 10.4 Å². The van der Waals surface area contributed by atoms with Gasteiger partial charge in [-0.15, -0.1) is 11.3 Å². The van der Waals surface area contributed by atoms with Crippen molar-refractivity contribution >= 4 is 32.8 Å². The molecule has 3 N–H and O–H groups in total. The summed E-state index contributed by atoms with van der Waals surface area (Å²) < 4.78 is 25.8. The van der Waals surface area contributed by atoms with E-state index < -0.39 is 15.8 Å². The molecule has 1 aromatic heterocycles. The summed E-state index contributed by atoms with van der Waals surface area (Å²) in [6.45, 7) is 0. The number of hydrogen-bond donors (Lipinski definition) is 2. The molecule has 122 valence electrons. The topological polar surface area (TPSA) is 97.5 Å². The summed E-state index contributed by atoms with van der Waals surface area (Å²) in [5, 5.41) is 9.45. The van der Waals surface area contributed by atoms with E-state index in [2.05, 4.69) is 0 Å². The molecule has 0 bridgehead atoms. The third-order valence-electron chi connectivity index (χ3n) is 3.45. The van der Waals surface area contributed by atoms with Crippen molar-refractivity contribution in [2.75, 3.05) is 5.73 Å². The number of thiophene rings is 1. The number of hydrogen-bond acceptors (Lipinski definition) is 5. The molecule has 24 heavy (non-hydrogen) atoms. The smallest absolute Gasteiger partial charge is 0.347 e. The molecular formula is C17H13NO4S2. The molecule has 0 aliphatic heterocycles. The fourth-order valence-electron chi connectivity index (χ4n) is 2.36. The Morgan fingerprint density at radius 3 is 2.04 bits per heavy atom. The highest BCUT2D eigenvalue weighted by Crippen LogP contribution is 2.43. The van der Waals surface area contributed by atoms with Gasteiger partial charge in [-0.05, 0) is 17.7 Å². The average Bonchev–Trinajstić information content (AvgIpc) is 2.95. The minimum Gasteiger partial charge on any atom is -0.477 e. The van der Waals surface area contributed by atoms with E-state index >= 15 is 0 Å². The van der Waals surface area contributed by atoms with Crippen LogP contribution in [0.1, 0.15) is 9.67 Å². The van der Waals surface area contributed by atoms with Crippen LogP contribution in [-0.2, 0) is 9.84 Å². The zero-order chi connectivity index (χ0) is 17.3. The van der Waals surface area contributed by atoms with Gasteiger partial charge in [0.1, 0.15) is 9.77 Å². The van der Waals surface area contributed by atoms with E-state index in [4.69, 9.17) is 5.73 Å². The number of nitrogens with two attached hydrogens (primary N) is 1. The SMILES string of the molecule is Nc1c(-c2ccccc2)sc(C(=O)O)c1S(=O)(=O)c1ccccc1. The highest BCUT2D eigenvalue weighted by atomic mass is 32.2. The molecule has 0 radical (unpaired) electrons. The molecule has 0 aliphatic carbocycles. The van der Waals surface area contributed by atoms with Gasteiger partial charge in [0, 0.05) is 0 Å². The van der Waals surface area contributed by atoms with Crippen LogP contribution in [0.25, 0.3) is 10.4 Å². The first-order valence-corrected chi connectivity index (χ1v) is 9.24. The maximum atomic E-state index is 12.9. The van der Waals surface area contributed by atoms with Crippen LogP contribution < -0.4 is 5.73 Å². The Kier molecular flexibility index (Phi) is 4.13. The molecule has 5 nitrogen and oxygen atoms in total. The second kappa shape index (κ2) is 6.10.